The molecule has 0 spiro atoms. The Bertz CT molecular complexity index is 332. The standard InChI is InChI=1S/C13H24N2O2/c1-4-8-15-9-7-14-12(15)10-11(16)13(17,5-2)6-3/h7,9,11,16-17H,4-6,8,10H2,1-3H3. The van der Waals surface area contributed by atoms with Crippen LogP contribution in [-0.4, -0.2) is 31.5 Å². The molecule has 2 N–H and O–H groups in total. The highest BCUT2D eigenvalue weighted by molar-refractivity contribution is 4.98. The molecule has 1 rings (SSSR count). The molecule has 0 radical (unpaired) electrons. The quantitative estimate of drug-likeness (QED) is 0.763. The fraction of sp³-hybridized carbons (Fsp3) is 0.769. The first kappa shape index (κ1) is 14.2. The largest absolute Gasteiger partial charge is 0.390 e. The van der Waals surface area contributed by atoms with Crippen LogP contribution in [0.5, 0.6) is 0 Å². The van der Waals surface area contributed by atoms with Gasteiger partial charge in [0.15, 0.2) is 0 Å². The molecule has 1 atom stereocenters. The summed E-state index contributed by atoms with van der Waals surface area (Å²) in [6.07, 6.45) is 5.46. The average Bonchev–Trinajstić information content (AvgIpc) is 2.76. The molecule has 0 fully saturated rings. The molecule has 0 aliphatic heterocycles. The van der Waals surface area contributed by atoms with E-state index in [0.717, 1.165) is 18.8 Å². The average molecular weight is 240 g/mol. The summed E-state index contributed by atoms with van der Waals surface area (Å²) in [7, 11) is 0. The third kappa shape index (κ3) is 3.30. The molecule has 0 aliphatic rings. The van der Waals surface area contributed by atoms with Crippen LogP contribution in [0.15, 0.2) is 12.4 Å². The lowest BCUT2D eigenvalue weighted by atomic mass is 9.88. The van der Waals surface area contributed by atoms with E-state index in [1.807, 2.05) is 24.6 Å². The molecule has 0 bridgehead atoms. The van der Waals surface area contributed by atoms with Crippen LogP contribution < -0.4 is 0 Å². The number of imidazole rings is 1. The van der Waals surface area contributed by atoms with Gasteiger partial charge in [0.25, 0.3) is 0 Å². The highest BCUT2D eigenvalue weighted by Crippen LogP contribution is 2.22. The van der Waals surface area contributed by atoms with E-state index in [9.17, 15) is 10.2 Å². The van der Waals surface area contributed by atoms with Gasteiger partial charge in [-0.1, -0.05) is 20.8 Å². The van der Waals surface area contributed by atoms with Crippen molar-refractivity contribution < 1.29 is 10.2 Å². The van der Waals surface area contributed by atoms with Crippen LogP contribution in [0.1, 0.15) is 45.9 Å². The molecule has 0 aromatic carbocycles. The number of rotatable bonds is 7. The van der Waals surface area contributed by atoms with Gasteiger partial charge in [-0.05, 0) is 19.3 Å². The number of aliphatic hydroxyl groups excluding tert-OH is 1. The molecule has 1 aromatic rings. The molecule has 0 amide bonds. The second kappa shape index (κ2) is 6.17. The number of aryl methyl sites for hydroxylation is 1. The molecule has 4 nitrogen and oxygen atoms in total. The molecule has 1 heterocycles. The fourth-order valence-corrected chi connectivity index (χ4v) is 2.06. The lowest BCUT2D eigenvalue weighted by Gasteiger charge is -2.30. The third-order valence-electron chi connectivity index (χ3n) is 3.49. The zero-order chi connectivity index (χ0) is 12.9. The topological polar surface area (TPSA) is 58.3 Å². The highest BCUT2D eigenvalue weighted by Gasteiger charge is 2.32. The second-order valence-corrected chi connectivity index (χ2v) is 4.57. The van der Waals surface area contributed by atoms with Gasteiger partial charge in [0.1, 0.15) is 5.82 Å². The predicted molar refractivity (Wildman–Crippen MR) is 67.8 cm³/mol. The molecule has 1 unspecified atom stereocenters. The highest BCUT2D eigenvalue weighted by atomic mass is 16.3. The Balaban J connectivity index is 2.73. The molecular weight excluding hydrogens is 216 g/mol. The van der Waals surface area contributed by atoms with E-state index in [1.165, 1.54) is 0 Å². The first-order chi connectivity index (χ1) is 8.07. The van der Waals surface area contributed by atoms with Crippen molar-refractivity contribution >= 4 is 0 Å². The Morgan fingerprint density at radius 3 is 2.53 bits per heavy atom. The zero-order valence-corrected chi connectivity index (χ0v) is 11.1. The molecule has 0 aliphatic carbocycles. The van der Waals surface area contributed by atoms with Gasteiger partial charge in [-0.2, -0.15) is 0 Å². The Morgan fingerprint density at radius 2 is 2.00 bits per heavy atom. The summed E-state index contributed by atoms with van der Waals surface area (Å²) in [6.45, 7) is 6.80. The molecule has 0 saturated carbocycles. The number of aliphatic hydroxyl groups is 2. The molecule has 17 heavy (non-hydrogen) atoms. The van der Waals surface area contributed by atoms with Crippen molar-refractivity contribution in [1.82, 2.24) is 9.55 Å². The van der Waals surface area contributed by atoms with Crippen molar-refractivity contribution in [3.63, 3.8) is 0 Å². The van der Waals surface area contributed by atoms with Gasteiger partial charge in [0.2, 0.25) is 0 Å². The minimum Gasteiger partial charge on any atom is -0.390 e. The van der Waals surface area contributed by atoms with Crippen molar-refractivity contribution in [3.05, 3.63) is 18.2 Å². The van der Waals surface area contributed by atoms with E-state index >= 15 is 0 Å². The van der Waals surface area contributed by atoms with Gasteiger partial charge in [-0.3, -0.25) is 0 Å². The number of nitrogens with zero attached hydrogens (tertiary/aromatic N) is 2. The van der Waals surface area contributed by atoms with Gasteiger partial charge >= 0.3 is 0 Å². The maximum atomic E-state index is 10.2. The summed E-state index contributed by atoms with van der Waals surface area (Å²) in [5, 5.41) is 20.4. The molecule has 0 saturated heterocycles. The molecular formula is C13H24N2O2. The van der Waals surface area contributed by atoms with E-state index < -0.39 is 11.7 Å². The van der Waals surface area contributed by atoms with E-state index in [4.69, 9.17) is 0 Å². The Hall–Kier alpha value is -0.870. The minimum atomic E-state index is -0.997. The van der Waals surface area contributed by atoms with Crippen molar-refractivity contribution in [2.75, 3.05) is 0 Å². The fourth-order valence-electron chi connectivity index (χ4n) is 2.06. The van der Waals surface area contributed by atoms with Gasteiger partial charge in [0, 0.05) is 25.4 Å². The Kier molecular flexibility index (Phi) is 5.15. The summed E-state index contributed by atoms with van der Waals surface area (Å²) in [5.41, 5.74) is -0.997. The van der Waals surface area contributed by atoms with Crippen molar-refractivity contribution in [2.24, 2.45) is 0 Å². The zero-order valence-electron chi connectivity index (χ0n) is 11.1. The predicted octanol–water partition coefficient (Wildman–Crippen LogP) is 1.75. The summed E-state index contributed by atoms with van der Waals surface area (Å²) < 4.78 is 2.04. The van der Waals surface area contributed by atoms with Crippen molar-refractivity contribution in [3.8, 4) is 0 Å². The van der Waals surface area contributed by atoms with Gasteiger partial charge < -0.3 is 14.8 Å². The van der Waals surface area contributed by atoms with E-state index in [-0.39, 0.29) is 0 Å². The number of hydrogen-bond donors (Lipinski definition) is 2. The first-order valence-corrected chi connectivity index (χ1v) is 6.47. The lowest BCUT2D eigenvalue weighted by Crippen LogP contribution is -2.42. The smallest absolute Gasteiger partial charge is 0.111 e. The lowest BCUT2D eigenvalue weighted by molar-refractivity contribution is -0.0800. The van der Waals surface area contributed by atoms with Crippen LogP contribution in [0.4, 0.5) is 0 Å². The van der Waals surface area contributed by atoms with Crippen LogP contribution in [0.25, 0.3) is 0 Å². The summed E-state index contributed by atoms with van der Waals surface area (Å²) in [5.74, 6) is 0.847. The van der Waals surface area contributed by atoms with Crippen LogP contribution in [0.2, 0.25) is 0 Å². The SMILES string of the molecule is CCCn1ccnc1CC(O)C(O)(CC)CC. The number of hydrogen-bond acceptors (Lipinski definition) is 3. The minimum absolute atomic E-state index is 0.408. The molecule has 4 heteroatoms. The summed E-state index contributed by atoms with van der Waals surface area (Å²) in [4.78, 5) is 4.25. The maximum Gasteiger partial charge on any atom is 0.111 e. The van der Waals surface area contributed by atoms with Crippen LogP contribution in [0, 0.1) is 0 Å². The van der Waals surface area contributed by atoms with Gasteiger partial charge in [0.05, 0.1) is 11.7 Å². The monoisotopic (exact) mass is 240 g/mol. The maximum absolute atomic E-state index is 10.2. The van der Waals surface area contributed by atoms with Crippen LogP contribution in [-0.2, 0) is 13.0 Å². The number of aromatic nitrogens is 2. The Morgan fingerprint density at radius 1 is 1.35 bits per heavy atom. The third-order valence-corrected chi connectivity index (χ3v) is 3.49. The normalized spacial score (nSPS) is 13.9. The van der Waals surface area contributed by atoms with E-state index in [1.54, 1.807) is 6.20 Å². The molecule has 1 aromatic heterocycles. The van der Waals surface area contributed by atoms with Crippen molar-refractivity contribution in [2.45, 2.75) is 64.7 Å². The van der Waals surface area contributed by atoms with Gasteiger partial charge in [-0.25, -0.2) is 4.98 Å². The molecule has 98 valence electrons. The summed E-state index contributed by atoms with van der Waals surface area (Å²) >= 11 is 0. The van der Waals surface area contributed by atoms with Gasteiger partial charge in [-0.15, -0.1) is 0 Å². The van der Waals surface area contributed by atoms with E-state index in [2.05, 4.69) is 11.9 Å². The van der Waals surface area contributed by atoms with E-state index in [0.29, 0.717) is 19.3 Å². The van der Waals surface area contributed by atoms with Crippen LogP contribution in [0.3, 0.4) is 0 Å². The first-order valence-electron chi connectivity index (χ1n) is 6.47. The Labute approximate surface area is 103 Å². The second-order valence-electron chi connectivity index (χ2n) is 4.57. The summed E-state index contributed by atoms with van der Waals surface area (Å²) in [6, 6.07) is 0. The van der Waals surface area contributed by atoms with Crippen molar-refractivity contribution in [1.29, 1.82) is 0 Å². The van der Waals surface area contributed by atoms with Crippen LogP contribution >= 0.6 is 0 Å².